The molecule has 64 valence electrons. The summed E-state index contributed by atoms with van der Waals surface area (Å²) in [5.41, 5.74) is 0. The predicted molar refractivity (Wildman–Crippen MR) is 42.2 cm³/mol. The number of piperidine rings is 1. The van der Waals surface area contributed by atoms with Crippen LogP contribution in [0.4, 0.5) is 0 Å². The van der Waals surface area contributed by atoms with Gasteiger partial charge in [0.1, 0.15) is 6.04 Å². The van der Waals surface area contributed by atoms with Gasteiger partial charge in [0, 0.05) is 0 Å². The average Bonchev–Trinajstić information content (AvgIpc) is 2.03. The minimum absolute atomic E-state index is 0.0660. The number of ether oxygens (including phenoxy) is 1. The Morgan fingerprint density at radius 3 is 2.91 bits per heavy atom. The average molecular weight is 157 g/mol. The van der Waals surface area contributed by atoms with Gasteiger partial charge in [-0.25, -0.2) is 0 Å². The first-order chi connectivity index (χ1) is 5.24. The summed E-state index contributed by atoms with van der Waals surface area (Å²) in [6, 6.07) is -0.0660. The summed E-state index contributed by atoms with van der Waals surface area (Å²) >= 11 is 0. The molecule has 0 aliphatic carbocycles. The molecule has 1 rings (SSSR count). The number of rotatable bonds is 1. The summed E-state index contributed by atoms with van der Waals surface area (Å²) in [6.45, 7) is 3.09. The Morgan fingerprint density at radius 1 is 1.64 bits per heavy atom. The fraction of sp³-hybridized carbons (Fsp3) is 0.875. The normalized spacial score (nSPS) is 31.5. The van der Waals surface area contributed by atoms with E-state index in [1.165, 1.54) is 7.11 Å². The van der Waals surface area contributed by atoms with Gasteiger partial charge in [-0.2, -0.15) is 0 Å². The Bertz CT molecular complexity index is 147. The van der Waals surface area contributed by atoms with Crippen molar-refractivity contribution in [1.29, 1.82) is 0 Å². The zero-order chi connectivity index (χ0) is 8.27. The van der Waals surface area contributed by atoms with Gasteiger partial charge in [-0.15, -0.1) is 0 Å². The summed E-state index contributed by atoms with van der Waals surface area (Å²) in [4.78, 5) is 11.0. The monoisotopic (exact) mass is 157 g/mol. The standard InChI is InChI=1S/C8H15NO2/c1-6-3-4-9-7(5-6)8(10)11-2/h6-7,9H,3-5H2,1-2H3/t6-,7+/m0/s1. The third kappa shape index (κ3) is 2.19. The fourth-order valence-electron chi connectivity index (χ4n) is 1.43. The molecular weight excluding hydrogens is 142 g/mol. The predicted octanol–water partition coefficient (Wildman–Crippen LogP) is 0.547. The molecule has 0 amide bonds. The second-order valence-electron chi connectivity index (χ2n) is 3.16. The zero-order valence-electron chi connectivity index (χ0n) is 7.09. The Balaban J connectivity index is 2.39. The van der Waals surface area contributed by atoms with Gasteiger partial charge in [-0.05, 0) is 25.3 Å². The van der Waals surface area contributed by atoms with Crippen molar-refractivity contribution in [1.82, 2.24) is 5.32 Å². The van der Waals surface area contributed by atoms with E-state index in [1.807, 2.05) is 0 Å². The summed E-state index contributed by atoms with van der Waals surface area (Å²) in [5, 5.41) is 3.13. The van der Waals surface area contributed by atoms with Crippen molar-refractivity contribution in [3.05, 3.63) is 0 Å². The molecular formula is C8H15NO2. The molecule has 1 aliphatic rings. The lowest BCUT2D eigenvalue weighted by molar-refractivity contribution is -0.144. The molecule has 1 heterocycles. The summed E-state index contributed by atoms with van der Waals surface area (Å²) < 4.78 is 4.64. The highest BCUT2D eigenvalue weighted by Gasteiger charge is 2.24. The zero-order valence-corrected chi connectivity index (χ0v) is 7.09. The number of carbonyl (C=O) groups excluding carboxylic acids is 1. The van der Waals surface area contributed by atoms with Gasteiger partial charge in [0.25, 0.3) is 0 Å². The lowest BCUT2D eigenvalue weighted by Crippen LogP contribution is -2.43. The van der Waals surface area contributed by atoms with Crippen molar-refractivity contribution in [3.8, 4) is 0 Å². The molecule has 0 aromatic carbocycles. The van der Waals surface area contributed by atoms with Crippen molar-refractivity contribution in [2.75, 3.05) is 13.7 Å². The van der Waals surface area contributed by atoms with Crippen molar-refractivity contribution in [3.63, 3.8) is 0 Å². The van der Waals surface area contributed by atoms with Crippen LogP contribution in [0.25, 0.3) is 0 Å². The molecule has 1 aliphatic heterocycles. The van der Waals surface area contributed by atoms with Crippen LogP contribution in [0.5, 0.6) is 0 Å². The number of nitrogens with one attached hydrogen (secondary N) is 1. The molecule has 0 radical (unpaired) electrons. The van der Waals surface area contributed by atoms with E-state index in [9.17, 15) is 4.79 Å². The van der Waals surface area contributed by atoms with Crippen LogP contribution in [0.2, 0.25) is 0 Å². The van der Waals surface area contributed by atoms with Gasteiger partial charge in [0.05, 0.1) is 7.11 Å². The van der Waals surface area contributed by atoms with Crippen molar-refractivity contribution in [2.24, 2.45) is 5.92 Å². The Hall–Kier alpha value is -0.570. The Labute approximate surface area is 67.1 Å². The maximum atomic E-state index is 11.0. The lowest BCUT2D eigenvalue weighted by atomic mass is 9.94. The SMILES string of the molecule is COC(=O)[C@H]1C[C@@H](C)CCN1. The van der Waals surface area contributed by atoms with E-state index in [-0.39, 0.29) is 12.0 Å². The molecule has 0 aromatic rings. The lowest BCUT2D eigenvalue weighted by Gasteiger charge is -2.25. The highest BCUT2D eigenvalue weighted by Crippen LogP contribution is 2.15. The van der Waals surface area contributed by atoms with Crippen LogP contribution < -0.4 is 5.32 Å². The quantitative estimate of drug-likeness (QED) is 0.565. The molecule has 1 fully saturated rings. The van der Waals surface area contributed by atoms with E-state index < -0.39 is 0 Å². The molecule has 1 N–H and O–H groups in total. The van der Waals surface area contributed by atoms with Gasteiger partial charge in [0.15, 0.2) is 0 Å². The van der Waals surface area contributed by atoms with Crippen LogP contribution >= 0.6 is 0 Å². The number of carbonyl (C=O) groups is 1. The molecule has 2 atom stereocenters. The van der Waals surface area contributed by atoms with E-state index in [0.29, 0.717) is 5.92 Å². The number of methoxy groups -OCH3 is 1. The maximum absolute atomic E-state index is 11.0. The van der Waals surface area contributed by atoms with Crippen LogP contribution in [0.3, 0.4) is 0 Å². The van der Waals surface area contributed by atoms with Crippen molar-refractivity contribution < 1.29 is 9.53 Å². The molecule has 0 bridgehead atoms. The number of esters is 1. The minimum Gasteiger partial charge on any atom is -0.468 e. The van der Waals surface area contributed by atoms with Crippen LogP contribution in [-0.4, -0.2) is 25.7 Å². The van der Waals surface area contributed by atoms with E-state index in [1.54, 1.807) is 0 Å². The minimum atomic E-state index is -0.128. The molecule has 0 spiro atoms. The molecule has 0 aromatic heterocycles. The van der Waals surface area contributed by atoms with Crippen LogP contribution in [0.1, 0.15) is 19.8 Å². The van der Waals surface area contributed by atoms with Gasteiger partial charge in [0.2, 0.25) is 0 Å². The van der Waals surface area contributed by atoms with Gasteiger partial charge < -0.3 is 10.1 Å². The highest BCUT2D eigenvalue weighted by atomic mass is 16.5. The summed E-state index contributed by atoms with van der Waals surface area (Å²) in [6.07, 6.45) is 2.07. The molecule has 0 saturated carbocycles. The van der Waals surface area contributed by atoms with Crippen LogP contribution in [-0.2, 0) is 9.53 Å². The van der Waals surface area contributed by atoms with Crippen molar-refractivity contribution in [2.45, 2.75) is 25.8 Å². The smallest absolute Gasteiger partial charge is 0.322 e. The molecule has 3 nitrogen and oxygen atoms in total. The van der Waals surface area contributed by atoms with E-state index in [4.69, 9.17) is 0 Å². The van der Waals surface area contributed by atoms with Gasteiger partial charge in [-0.3, -0.25) is 4.79 Å². The molecule has 3 heteroatoms. The van der Waals surface area contributed by atoms with Crippen LogP contribution in [0.15, 0.2) is 0 Å². The van der Waals surface area contributed by atoms with E-state index in [2.05, 4.69) is 17.0 Å². The largest absolute Gasteiger partial charge is 0.468 e. The second-order valence-corrected chi connectivity index (χ2v) is 3.16. The molecule has 11 heavy (non-hydrogen) atoms. The topological polar surface area (TPSA) is 38.3 Å². The van der Waals surface area contributed by atoms with E-state index in [0.717, 1.165) is 19.4 Å². The molecule has 0 unspecified atom stereocenters. The second kappa shape index (κ2) is 3.72. The Kier molecular flexibility index (Phi) is 2.88. The van der Waals surface area contributed by atoms with Gasteiger partial charge in [-0.1, -0.05) is 6.92 Å². The third-order valence-corrected chi connectivity index (χ3v) is 2.15. The summed E-state index contributed by atoms with van der Waals surface area (Å²) in [7, 11) is 1.43. The fourth-order valence-corrected chi connectivity index (χ4v) is 1.43. The molecule has 1 saturated heterocycles. The first-order valence-corrected chi connectivity index (χ1v) is 4.05. The van der Waals surface area contributed by atoms with Crippen molar-refractivity contribution >= 4 is 5.97 Å². The summed E-state index contributed by atoms with van der Waals surface area (Å²) in [5.74, 6) is 0.511. The number of hydrogen-bond acceptors (Lipinski definition) is 3. The Morgan fingerprint density at radius 2 is 2.36 bits per heavy atom. The van der Waals surface area contributed by atoms with E-state index >= 15 is 0 Å². The first kappa shape index (κ1) is 8.53. The van der Waals surface area contributed by atoms with Gasteiger partial charge >= 0.3 is 5.97 Å². The maximum Gasteiger partial charge on any atom is 0.322 e. The highest BCUT2D eigenvalue weighted by molar-refractivity contribution is 5.75. The van der Waals surface area contributed by atoms with Crippen LogP contribution in [0, 0.1) is 5.92 Å². The first-order valence-electron chi connectivity index (χ1n) is 4.05. The third-order valence-electron chi connectivity index (χ3n) is 2.15. The number of hydrogen-bond donors (Lipinski definition) is 1.